The zero-order valence-corrected chi connectivity index (χ0v) is 27.0. The summed E-state index contributed by atoms with van der Waals surface area (Å²) in [7, 11) is 0. The Hall–Kier alpha value is -6.44. The summed E-state index contributed by atoms with van der Waals surface area (Å²) in [5, 5.41) is -4.35. The highest BCUT2D eigenvalue weighted by molar-refractivity contribution is 6.23. The van der Waals surface area contributed by atoms with E-state index in [0.29, 0.717) is 0 Å². The number of rotatable bonds is 3. The van der Waals surface area contributed by atoms with Crippen molar-refractivity contribution in [3.63, 3.8) is 0 Å². The van der Waals surface area contributed by atoms with Gasteiger partial charge in [0, 0.05) is 21.6 Å². The summed E-state index contributed by atoms with van der Waals surface area (Å²) in [5.74, 6) is 0. The van der Waals surface area contributed by atoms with Crippen LogP contribution in [0, 0.1) is 0 Å². The Kier molecular flexibility index (Phi) is 2.75. The molecule has 0 bridgehead atoms. The smallest absolute Gasteiger partial charge is 0.143 e. The first-order valence-corrected chi connectivity index (χ1v) is 16.0. The van der Waals surface area contributed by atoms with E-state index in [9.17, 15) is 15.1 Å². The second-order valence-electron chi connectivity index (χ2n) is 12.7. The molecule has 52 heavy (non-hydrogen) atoms. The van der Waals surface area contributed by atoms with Crippen molar-refractivity contribution in [3.05, 3.63) is 180 Å². The normalized spacial score (nSPS) is 20.6. The number of furan rings is 1. The second-order valence-corrected chi connectivity index (χ2v) is 12.7. The number of hydrogen-bond acceptors (Lipinski definition) is 1. The van der Waals surface area contributed by atoms with Gasteiger partial charge in [0.1, 0.15) is 11.2 Å². The van der Waals surface area contributed by atoms with E-state index < -0.39 is 256 Å². The van der Waals surface area contributed by atoms with E-state index in [1.165, 1.54) is 6.07 Å². The van der Waals surface area contributed by atoms with Gasteiger partial charge in [-0.05, 0) is 94.7 Å². The fourth-order valence-corrected chi connectivity index (χ4v) is 7.34. The van der Waals surface area contributed by atoms with Crippen LogP contribution in [0.4, 0.5) is 0 Å². The zero-order valence-electron chi connectivity index (χ0n) is 54.0. The summed E-state index contributed by atoms with van der Waals surface area (Å²) < 4.78 is 253. The standard InChI is InChI=1S/C51H34O/c1-51(2)43-22-10-9-19-40(43)48-41(21-11-23-44(48)51)47-38-17-7-5-15-36(38)46(37-16-6-8-18-39(37)47)33-27-25-32(26-28-33)34-20-12-24-45-49(34)42-30-29-31-13-3-4-14-35(31)50(42)52-45/h3-30H,1-2H3/i3D,4D,5D,6D,7D,8D,9D,10D,11D,12D,13D,14D,15D,16D,17D,18D,19D,20D,21D,22D,24D,25D,26D,27D,28D,29D,30D. The highest BCUT2D eigenvalue weighted by Crippen LogP contribution is 2.54. The maximum Gasteiger partial charge on any atom is 0.143 e. The molecule has 10 aromatic rings. The number of benzene rings is 9. The summed E-state index contributed by atoms with van der Waals surface area (Å²) >= 11 is 0. The van der Waals surface area contributed by atoms with Gasteiger partial charge in [-0.3, -0.25) is 0 Å². The molecule has 1 aliphatic carbocycles. The Morgan fingerprint density at radius 3 is 1.77 bits per heavy atom. The topological polar surface area (TPSA) is 13.1 Å². The highest BCUT2D eigenvalue weighted by Gasteiger charge is 2.37. The molecule has 1 aliphatic rings. The Bertz CT molecular complexity index is 4540. The lowest BCUT2D eigenvalue weighted by Crippen LogP contribution is -2.14. The van der Waals surface area contributed by atoms with Crippen molar-refractivity contribution in [1.82, 2.24) is 0 Å². The van der Waals surface area contributed by atoms with Crippen LogP contribution < -0.4 is 0 Å². The van der Waals surface area contributed by atoms with Gasteiger partial charge in [-0.2, -0.15) is 0 Å². The van der Waals surface area contributed by atoms with Crippen molar-refractivity contribution in [2.45, 2.75) is 19.3 Å². The quantitative estimate of drug-likeness (QED) is 0.168. The molecule has 11 rings (SSSR count). The van der Waals surface area contributed by atoms with E-state index in [0.717, 1.165) is 0 Å². The van der Waals surface area contributed by atoms with E-state index in [1.54, 1.807) is 13.8 Å². The Labute approximate surface area is 340 Å². The van der Waals surface area contributed by atoms with E-state index in [4.69, 9.17) is 26.3 Å². The lowest BCUT2D eigenvalue weighted by molar-refractivity contribution is 0.660. The first-order chi connectivity index (χ1) is 36.8. The Balaban J connectivity index is 1.36. The van der Waals surface area contributed by atoms with E-state index in [1.807, 2.05) is 0 Å². The molecular weight excluding hydrogens is 629 g/mol. The summed E-state index contributed by atoms with van der Waals surface area (Å²) in [6.07, 6.45) is 0. The maximum atomic E-state index is 9.80. The van der Waals surface area contributed by atoms with Crippen molar-refractivity contribution >= 4 is 54.3 Å². The SMILES string of the molecule is [2H]c1cc2c(c(-c3c4c([2H])c([2H])c([2H])c([2H])c4c(-c4c([2H])c([2H])c(-c5c([2H])c([2H])c([2H])c6oc7c8c([2H])c([2H])c([2H])c([2H])c8c([2H])c([2H])c7c56)c([2H])c4[2H])c4c([2H])c([2H])c([2H])c([2H])c34)c1[2H])-c1c([2H])c([2H])c([2H])c([2H])c1C2(C)C. The maximum absolute atomic E-state index is 9.80. The van der Waals surface area contributed by atoms with Crippen LogP contribution in [0.5, 0.6) is 0 Å². The predicted molar refractivity (Wildman–Crippen MR) is 220 cm³/mol. The highest BCUT2D eigenvalue weighted by atomic mass is 16.3. The van der Waals surface area contributed by atoms with Gasteiger partial charge in [0.05, 0.1) is 37.0 Å². The van der Waals surface area contributed by atoms with Gasteiger partial charge in [0.15, 0.2) is 0 Å². The van der Waals surface area contributed by atoms with Crippen LogP contribution in [0.1, 0.15) is 62.0 Å². The van der Waals surface area contributed by atoms with Gasteiger partial charge in [0.25, 0.3) is 0 Å². The van der Waals surface area contributed by atoms with Crippen LogP contribution in [-0.2, 0) is 5.41 Å². The molecule has 0 spiro atoms. The van der Waals surface area contributed by atoms with Crippen molar-refractivity contribution in [1.29, 1.82) is 0 Å². The van der Waals surface area contributed by atoms with E-state index >= 15 is 0 Å². The summed E-state index contributed by atoms with van der Waals surface area (Å²) in [6, 6.07) is -21.1. The molecule has 1 nitrogen and oxygen atoms in total. The molecule has 0 amide bonds. The van der Waals surface area contributed by atoms with Crippen LogP contribution in [-0.4, -0.2) is 0 Å². The molecule has 1 heteroatoms. The molecule has 0 fully saturated rings. The third-order valence-electron chi connectivity index (χ3n) is 9.67. The number of fused-ring (bicyclic) bond motifs is 10. The van der Waals surface area contributed by atoms with Gasteiger partial charge in [-0.1, -0.05) is 171 Å². The van der Waals surface area contributed by atoms with Gasteiger partial charge in [0.2, 0.25) is 0 Å². The average Bonchev–Trinajstić information content (AvgIpc) is 4.15. The fourth-order valence-electron chi connectivity index (χ4n) is 7.34. The third-order valence-corrected chi connectivity index (χ3v) is 9.67. The number of hydrogen-bond donors (Lipinski definition) is 0. The minimum absolute atomic E-state index is 0.0317. The monoisotopic (exact) mass is 689 g/mol. The first kappa shape index (κ1) is 13.3. The molecular formula is C51H34O. The minimum Gasteiger partial charge on any atom is -0.455 e. The molecule has 9 aromatic carbocycles. The second kappa shape index (κ2) is 10.8. The lowest BCUT2D eigenvalue weighted by atomic mass is 9.80. The minimum atomic E-state index is -1.36. The van der Waals surface area contributed by atoms with E-state index in [-0.39, 0.29) is 22.3 Å². The Morgan fingerprint density at radius 2 is 1.02 bits per heavy atom. The zero-order chi connectivity index (χ0) is 58.0. The van der Waals surface area contributed by atoms with Gasteiger partial charge in [-0.15, -0.1) is 0 Å². The summed E-state index contributed by atoms with van der Waals surface area (Å²) in [6.45, 7) is 3.21. The van der Waals surface area contributed by atoms with Gasteiger partial charge >= 0.3 is 0 Å². The first-order valence-electron chi connectivity index (χ1n) is 29.5. The molecule has 1 heterocycles. The van der Waals surface area contributed by atoms with Crippen LogP contribution in [0.25, 0.3) is 98.8 Å². The van der Waals surface area contributed by atoms with Crippen LogP contribution in [0.2, 0.25) is 0 Å². The van der Waals surface area contributed by atoms with Crippen LogP contribution in [0.3, 0.4) is 0 Å². The molecule has 0 saturated carbocycles. The molecule has 0 saturated heterocycles. The summed E-state index contributed by atoms with van der Waals surface area (Å²) in [5.41, 5.74) is -6.46. The third kappa shape index (κ3) is 3.99. The van der Waals surface area contributed by atoms with Crippen molar-refractivity contribution < 1.29 is 41.4 Å². The van der Waals surface area contributed by atoms with Crippen molar-refractivity contribution in [2.75, 3.05) is 0 Å². The predicted octanol–water partition coefficient (Wildman–Crippen LogP) is 14.4. The van der Waals surface area contributed by atoms with Gasteiger partial charge in [-0.25, -0.2) is 0 Å². The molecule has 0 N–H and O–H groups in total. The molecule has 1 aromatic heterocycles. The lowest BCUT2D eigenvalue weighted by Gasteiger charge is -2.22. The fraction of sp³-hybridized carbons (Fsp3) is 0.0588. The Morgan fingerprint density at radius 1 is 0.423 bits per heavy atom. The van der Waals surface area contributed by atoms with Gasteiger partial charge < -0.3 is 4.42 Å². The van der Waals surface area contributed by atoms with Crippen LogP contribution >= 0.6 is 0 Å². The largest absolute Gasteiger partial charge is 0.455 e. The molecule has 0 radical (unpaired) electrons. The molecule has 0 unspecified atom stereocenters. The van der Waals surface area contributed by atoms with Crippen molar-refractivity contribution in [2.24, 2.45) is 0 Å². The average molecular weight is 690 g/mol. The van der Waals surface area contributed by atoms with Crippen LogP contribution in [0.15, 0.2) is 174 Å². The van der Waals surface area contributed by atoms with E-state index in [2.05, 4.69) is 0 Å². The summed E-state index contributed by atoms with van der Waals surface area (Å²) in [4.78, 5) is 0. The van der Waals surface area contributed by atoms with Crippen molar-refractivity contribution in [3.8, 4) is 44.5 Å². The molecule has 0 atom stereocenters. The molecule has 0 aliphatic heterocycles. The molecule has 244 valence electrons.